The molecular formula is C18H25NO3. The largest absolute Gasteiger partial charge is 0.492 e. The Bertz CT molecular complexity index is 621. The van der Waals surface area contributed by atoms with Crippen LogP contribution < -0.4 is 0 Å². The monoisotopic (exact) mass is 303 g/mol. The predicted molar refractivity (Wildman–Crippen MR) is 88.0 cm³/mol. The summed E-state index contributed by atoms with van der Waals surface area (Å²) in [6.07, 6.45) is 0. The zero-order valence-electron chi connectivity index (χ0n) is 14.0. The molecule has 1 aromatic carbocycles. The highest BCUT2D eigenvalue weighted by molar-refractivity contribution is 6.01. The summed E-state index contributed by atoms with van der Waals surface area (Å²) in [6.45, 7) is 11.3. The fourth-order valence-corrected chi connectivity index (χ4v) is 3.31. The van der Waals surface area contributed by atoms with Crippen molar-refractivity contribution in [3.63, 3.8) is 0 Å². The third-order valence-corrected chi connectivity index (χ3v) is 3.96. The lowest BCUT2D eigenvalue weighted by Crippen LogP contribution is -2.24. The number of rotatable bonds is 3. The zero-order chi connectivity index (χ0) is 16.5. The molecule has 0 amide bonds. The van der Waals surface area contributed by atoms with Crippen LogP contribution in [0.1, 0.15) is 45.7 Å². The number of oxime groups is 1. The number of aliphatic hydroxyl groups is 1. The van der Waals surface area contributed by atoms with Crippen LogP contribution in [0.15, 0.2) is 35.0 Å². The normalized spacial score (nSPS) is 18.5. The maximum atomic E-state index is 9.27. The van der Waals surface area contributed by atoms with Gasteiger partial charge in [-0.1, -0.05) is 58.0 Å². The quantitative estimate of drug-likeness (QED) is 0.509. The first kappa shape index (κ1) is 16.6. The molecule has 22 heavy (non-hydrogen) atoms. The summed E-state index contributed by atoms with van der Waals surface area (Å²) < 4.78 is 6.01. The molecule has 1 heterocycles. The van der Waals surface area contributed by atoms with E-state index in [1.165, 1.54) is 5.57 Å². The number of aliphatic hydroxyl groups excluding tert-OH is 1. The van der Waals surface area contributed by atoms with Crippen molar-refractivity contribution in [1.82, 2.24) is 0 Å². The molecule has 4 heteroatoms. The molecule has 0 bridgehead atoms. The van der Waals surface area contributed by atoms with E-state index in [0.29, 0.717) is 12.2 Å². The summed E-state index contributed by atoms with van der Waals surface area (Å²) in [5, 5.41) is 21.4. The van der Waals surface area contributed by atoms with Gasteiger partial charge in [-0.25, -0.2) is 0 Å². The summed E-state index contributed by atoms with van der Waals surface area (Å²) in [5.41, 5.74) is 3.14. The highest BCUT2D eigenvalue weighted by atomic mass is 16.5. The Balaban J connectivity index is 2.58. The molecule has 2 N–H and O–H groups in total. The van der Waals surface area contributed by atoms with Crippen LogP contribution in [-0.2, 0) is 4.74 Å². The van der Waals surface area contributed by atoms with Crippen LogP contribution >= 0.6 is 0 Å². The molecule has 0 aromatic heterocycles. The smallest absolute Gasteiger partial charge is 0.126 e. The maximum Gasteiger partial charge on any atom is 0.126 e. The van der Waals surface area contributed by atoms with Gasteiger partial charge in [-0.05, 0) is 17.1 Å². The SMILES string of the molecule is CC(C)(C)C1=C(c2cccc(C(CO)=NO)c2)OCC1(C)C. The molecule has 0 atom stereocenters. The van der Waals surface area contributed by atoms with E-state index in [-0.39, 0.29) is 23.1 Å². The highest BCUT2D eigenvalue weighted by Crippen LogP contribution is 2.49. The molecule has 0 saturated carbocycles. The summed E-state index contributed by atoms with van der Waals surface area (Å²) in [5.74, 6) is 0.898. The lowest BCUT2D eigenvalue weighted by Gasteiger charge is -2.30. The Morgan fingerprint density at radius 3 is 2.55 bits per heavy atom. The lowest BCUT2D eigenvalue weighted by atomic mass is 9.71. The van der Waals surface area contributed by atoms with Crippen LogP contribution in [0.2, 0.25) is 0 Å². The van der Waals surface area contributed by atoms with Gasteiger partial charge in [0.25, 0.3) is 0 Å². The van der Waals surface area contributed by atoms with Crippen LogP contribution in [0.5, 0.6) is 0 Å². The lowest BCUT2D eigenvalue weighted by molar-refractivity contribution is 0.213. The topological polar surface area (TPSA) is 62.1 Å². The van der Waals surface area contributed by atoms with E-state index in [1.54, 1.807) is 0 Å². The van der Waals surface area contributed by atoms with Gasteiger partial charge in [-0.15, -0.1) is 0 Å². The van der Waals surface area contributed by atoms with Crippen molar-refractivity contribution in [3.8, 4) is 0 Å². The van der Waals surface area contributed by atoms with Crippen molar-refractivity contribution in [2.45, 2.75) is 34.6 Å². The van der Waals surface area contributed by atoms with Gasteiger partial charge in [0.05, 0.1) is 13.2 Å². The first-order chi connectivity index (χ1) is 10.2. The van der Waals surface area contributed by atoms with E-state index in [0.717, 1.165) is 11.3 Å². The van der Waals surface area contributed by atoms with E-state index in [2.05, 4.69) is 39.8 Å². The van der Waals surface area contributed by atoms with Crippen molar-refractivity contribution in [2.24, 2.45) is 16.0 Å². The Morgan fingerprint density at radius 1 is 1.32 bits per heavy atom. The molecule has 120 valence electrons. The number of ether oxygens (including phenoxy) is 1. The van der Waals surface area contributed by atoms with Crippen LogP contribution in [0.25, 0.3) is 5.76 Å². The molecule has 0 spiro atoms. The standard InChI is InChI=1S/C18H25NO3/c1-17(2,3)16-15(22-11-18(16,4)5)13-8-6-7-12(9-13)14(10-20)19-21/h6-9,20-21H,10-11H2,1-5H3. The number of nitrogens with zero attached hydrogens (tertiary/aromatic N) is 1. The third-order valence-electron chi connectivity index (χ3n) is 3.96. The fourth-order valence-electron chi connectivity index (χ4n) is 3.31. The Hall–Kier alpha value is -1.81. The Morgan fingerprint density at radius 2 is 2.00 bits per heavy atom. The van der Waals surface area contributed by atoms with E-state index < -0.39 is 0 Å². The second kappa shape index (κ2) is 5.76. The molecule has 0 unspecified atom stereocenters. The molecule has 0 fully saturated rings. The summed E-state index contributed by atoms with van der Waals surface area (Å²) in [6, 6.07) is 7.58. The van der Waals surface area contributed by atoms with E-state index in [1.807, 2.05) is 24.3 Å². The van der Waals surface area contributed by atoms with Gasteiger partial charge in [-0.3, -0.25) is 0 Å². The van der Waals surface area contributed by atoms with Crippen molar-refractivity contribution >= 4 is 11.5 Å². The Labute approximate surface area is 132 Å². The molecule has 1 aliphatic rings. The minimum atomic E-state index is -0.308. The maximum absolute atomic E-state index is 9.27. The van der Waals surface area contributed by atoms with Crippen LogP contribution in [0, 0.1) is 10.8 Å². The molecular weight excluding hydrogens is 278 g/mol. The summed E-state index contributed by atoms with van der Waals surface area (Å²) in [4.78, 5) is 0. The molecule has 1 aliphatic heterocycles. The van der Waals surface area contributed by atoms with Gasteiger partial charge in [0.15, 0.2) is 0 Å². The molecule has 0 saturated heterocycles. The minimum Gasteiger partial charge on any atom is -0.492 e. The zero-order valence-corrected chi connectivity index (χ0v) is 14.0. The second-order valence-corrected chi connectivity index (χ2v) is 7.41. The van der Waals surface area contributed by atoms with E-state index in [9.17, 15) is 5.11 Å². The molecule has 1 aromatic rings. The number of hydrogen-bond acceptors (Lipinski definition) is 4. The highest BCUT2D eigenvalue weighted by Gasteiger charge is 2.41. The number of benzene rings is 1. The van der Waals surface area contributed by atoms with Crippen molar-refractivity contribution in [2.75, 3.05) is 13.2 Å². The second-order valence-electron chi connectivity index (χ2n) is 7.41. The fraction of sp³-hybridized carbons (Fsp3) is 0.500. The van der Waals surface area contributed by atoms with E-state index >= 15 is 0 Å². The average Bonchev–Trinajstić information content (AvgIpc) is 2.76. The van der Waals surface area contributed by atoms with Gasteiger partial charge < -0.3 is 15.1 Å². The molecule has 4 nitrogen and oxygen atoms in total. The van der Waals surface area contributed by atoms with Crippen molar-refractivity contribution in [1.29, 1.82) is 0 Å². The van der Waals surface area contributed by atoms with Crippen LogP contribution in [0.4, 0.5) is 0 Å². The van der Waals surface area contributed by atoms with Gasteiger partial charge >= 0.3 is 0 Å². The first-order valence-corrected chi connectivity index (χ1v) is 7.51. The average molecular weight is 303 g/mol. The van der Waals surface area contributed by atoms with Gasteiger partial charge in [0.2, 0.25) is 0 Å². The third kappa shape index (κ3) is 3.02. The number of hydrogen-bond donors (Lipinski definition) is 2. The van der Waals surface area contributed by atoms with E-state index in [4.69, 9.17) is 9.94 Å². The molecule has 0 radical (unpaired) electrons. The van der Waals surface area contributed by atoms with Gasteiger partial charge in [0, 0.05) is 16.5 Å². The van der Waals surface area contributed by atoms with Crippen LogP contribution in [-0.4, -0.2) is 29.2 Å². The summed E-state index contributed by atoms with van der Waals surface area (Å²) >= 11 is 0. The van der Waals surface area contributed by atoms with Crippen LogP contribution in [0.3, 0.4) is 0 Å². The predicted octanol–water partition coefficient (Wildman–Crippen LogP) is 3.67. The molecule has 0 aliphatic carbocycles. The summed E-state index contributed by atoms with van der Waals surface area (Å²) in [7, 11) is 0. The minimum absolute atomic E-state index is 0.00376. The van der Waals surface area contributed by atoms with Gasteiger partial charge in [0.1, 0.15) is 11.5 Å². The molecule has 2 rings (SSSR count). The van der Waals surface area contributed by atoms with Crippen molar-refractivity contribution < 1.29 is 15.1 Å². The Kier molecular flexibility index (Phi) is 4.34. The van der Waals surface area contributed by atoms with Gasteiger partial charge in [-0.2, -0.15) is 0 Å². The first-order valence-electron chi connectivity index (χ1n) is 7.51. The van der Waals surface area contributed by atoms with Crippen molar-refractivity contribution in [3.05, 3.63) is 41.0 Å².